The van der Waals surface area contributed by atoms with Gasteiger partial charge in [-0.25, -0.2) is 0 Å². The minimum atomic E-state index is 1.23. The second-order valence-corrected chi connectivity index (χ2v) is 24.6. The summed E-state index contributed by atoms with van der Waals surface area (Å²) >= 11 is 0. The van der Waals surface area contributed by atoms with Crippen molar-refractivity contribution in [2.45, 2.75) is 0 Å². The predicted octanol–water partition coefficient (Wildman–Crippen LogP) is 26.1. The minimum Gasteiger partial charge on any atom is -0.0616 e. The highest BCUT2D eigenvalue weighted by Crippen LogP contribution is 2.49. The molecule has 0 aliphatic rings. The van der Waals surface area contributed by atoms with Gasteiger partial charge >= 0.3 is 0 Å². The average molecular weight is 1160 g/mol. The highest BCUT2D eigenvalue weighted by Gasteiger charge is 2.21. The van der Waals surface area contributed by atoms with Crippen molar-refractivity contribution in [3.63, 3.8) is 0 Å². The molecular formula is C92H58. The van der Waals surface area contributed by atoms with Crippen LogP contribution in [-0.4, -0.2) is 0 Å². The molecular weight excluding hydrogens is 1110 g/mol. The summed E-state index contributed by atoms with van der Waals surface area (Å²) in [6.45, 7) is 0. The van der Waals surface area contributed by atoms with Crippen molar-refractivity contribution in [2.75, 3.05) is 0 Å². The zero-order chi connectivity index (χ0) is 60.6. The molecule has 19 rings (SSSR count). The lowest BCUT2D eigenvalue weighted by Gasteiger charge is -2.20. The quantitative estimate of drug-likeness (QED) is 0.115. The normalized spacial score (nSPS) is 11.7. The summed E-state index contributed by atoms with van der Waals surface area (Å²) in [5, 5.41) is 27.9. The third-order valence-corrected chi connectivity index (χ3v) is 19.4. The predicted molar refractivity (Wildman–Crippen MR) is 398 cm³/mol. The van der Waals surface area contributed by atoms with E-state index in [9.17, 15) is 0 Å². The molecule has 0 unspecified atom stereocenters. The summed E-state index contributed by atoms with van der Waals surface area (Å²) in [5.74, 6) is 0. The Morgan fingerprint density at radius 1 is 0.109 bits per heavy atom. The number of rotatable bonds is 6. The molecule has 0 aromatic heterocycles. The monoisotopic (exact) mass is 1160 g/mol. The Morgan fingerprint density at radius 3 is 0.815 bits per heavy atom. The van der Waals surface area contributed by atoms with E-state index in [4.69, 9.17) is 0 Å². The fraction of sp³-hybridized carbons (Fsp3) is 0. The Bertz CT molecular complexity index is 6080. The van der Waals surface area contributed by atoms with Crippen LogP contribution in [-0.2, 0) is 0 Å². The van der Waals surface area contributed by atoms with Crippen LogP contribution in [0.1, 0.15) is 0 Å². The van der Waals surface area contributed by atoms with Crippen LogP contribution in [0.15, 0.2) is 352 Å². The van der Waals surface area contributed by atoms with Crippen LogP contribution in [0.25, 0.3) is 185 Å². The third kappa shape index (κ3) is 8.99. The van der Waals surface area contributed by atoms with Gasteiger partial charge in [0.2, 0.25) is 0 Å². The molecule has 0 radical (unpaired) electrons. The fourth-order valence-corrected chi connectivity index (χ4v) is 15.1. The summed E-state index contributed by atoms with van der Waals surface area (Å²) in [6, 6.07) is 130. The van der Waals surface area contributed by atoms with E-state index in [0.717, 1.165) is 0 Å². The summed E-state index contributed by atoms with van der Waals surface area (Å²) < 4.78 is 0. The largest absolute Gasteiger partial charge is 0.0616 e. The van der Waals surface area contributed by atoms with E-state index in [1.165, 1.54) is 185 Å². The van der Waals surface area contributed by atoms with Crippen molar-refractivity contribution < 1.29 is 0 Å². The fourth-order valence-electron chi connectivity index (χ4n) is 15.1. The van der Waals surface area contributed by atoms with Gasteiger partial charge in [0, 0.05) is 0 Å². The van der Waals surface area contributed by atoms with Gasteiger partial charge in [0.1, 0.15) is 0 Å². The number of hydrogen-bond donors (Lipinski definition) is 0. The van der Waals surface area contributed by atoms with Crippen LogP contribution in [0.3, 0.4) is 0 Å². The van der Waals surface area contributed by atoms with Crippen LogP contribution >= 0.6 is 0 Å². The van der Waals surface area contributed by atoms with Crippen molar-refractivity contribution in [3.8, 4) is 66.8 Å². The summed E-state index contributed by atoms with van der Waals surface area (Å²) in [4.78, 5) is 0. The van der Waals surface area contributed by atoms with Gasteiger partial charge in [-0.05, 0) is 228 Å². The zero-order valence-corrected chi connectivity index (χ0v) is 50.5. The van der Waals surface area contributed by atoms with Gasteiger partial charge in [-0.3, -0.25) is 0 Å². The highest BCUT2D eigenvalue weighted by molar-refractivity contribution is 6.27. The molecule has 19 aromatic carbocycles. The lowest BCUT2D eigenvalue weighted by Crippen LogP contribution is -1.92. The van der Waals surface area contributed by atoms with Crippen molar-refractivity contribution in [3.05, 3.63) is 352 Å². The summed E-state index contributed by atoms with van der Waals surface area (Å²) in [7, 11) is 0. The molecule has 0 fully saturated rings. The third-order valence-electron chi connectivity index (χ3n) is 19.4. The molecule has 426 valence electrons. The molecule has 0 atom stereocenters. The van der Waals surface area contributed by atoms with Crippen molar-refractivity contribution in [1.82, 2.24) is 0 Å². The molecule has 0 aliphatic carbocycles. The van der Waals surface area contributed by atoms with Crippen LogP contribution < -0.4 is 0 Å². The lowest BCUT2D eigenvalue weighted by molar-refractivity contribution is 1.66. The van der Waals surface area contributed by atoms with E-state index >= 15 is 0 Å². The Hall–Kier alpha value is -12.0. The van der Waals surface area contributed by atoms with E-state index in [-0.39, 0.29) is 0 Å². The van der Waals surface area contributed by atoms with Gasteiger partial charge in [0.25, 0.3) is 0 Å². The lowest BCUT2D eigenvalue weighted by atomic mass is 9.83. The van der Waals surface area contributed by atoms with Gasteiger partial charge in [-0.2, -0.15) is 0 Å². The van der Waals surface area contributed by atoms with E-state index in [1.54, 1.807) is 0 Å². The standard InChI is InChI=1S/C48H30.C44H28/c1-2-12-33-27-34(24-21-31(33)11-1)35-25-22-32-23-26-37(29-38(32)28-35)47-42-17-7-9-19-44(42)48(45-20-10-8-18-43(45)47)46-30-36-13-3-4-14-39(36)40-15-5-6-16-41(40)46;1-2-12-32-26-33(23-20-29(32)10-1)34-24-21-30-22-25-35(28-36(30)27-34)43-39-15-5-7-17-41(39)44(42-18-8-6-16-40(42)43)38-19-9-13-31-11-3-4-14-37(31)38/h1-30H;1-28H. The topological polar surface area (TPSA) is 0 Å². The maximum Gasteiger partial charge on any atom is -0.00199 e. The van der Waals surface area contributed by atoms with Crippen molar-refractivity contribution in [1.29, 1.82) is 0 Å². The Labute approximate surface area is 533 Å². The van der Waals surface area contributed by atoms with Gasteiger partial charge in [-0.1, -0.05) is 309 Å². The first-order chi connectivity index (χ1) is 45.6. The molecule has 92 heavy (non-hydrogen) atoms. The minimum absolute atomic E-state index is 1.23. The molecule has 19 aromatic rings. The smallest absolute Gasteiger partial charge is 0.00199 e. The van der Waals surface area contributed by atoms with Crippen LogP contribution in [0.5, 0.6) is 0 Å². The molecule has 0 heterocycles. The van der Waals surface area contributed by atoms with Gasteiger partial charge in [-0.15, -0.1) is 0 Å². The van der Waals surface area contributed by atoms with Gasteiger partial charge in [0.05, 0.1) is 0 Å². The first kappa shape index (κ1) is 53.1. The Morgan fingerprint density at radius 2 is 0.380 bits per heavy atom. The molecule has 0 nitrogen and oxygen atoms in total. The molecule has 0 spiro atoms. The first-order valence-corrected chi connectivity index (χ1v) is 31.9. The first-order valence-electron chi connectivity index (χ1n) is 31.9. The number of benzene rings is 19. The molecule has 0 N–H and O–H groups in total. The van der Waals surface area contributed by atoms with Crippen molar-refractivity contribution >= 4 is 118 Å². The van der Waals surface area contributed by atoms with E-state index in [2.05, 4.69) is 352 Å². The molecule has 0 bridgehead atoms. The second-order valence-electron chi connectivity index (χ2n) is 24.6. The summed E-state index contributed by atoms with van der Waals surface area (Å²) in [5.41, 5.74) is 15.2. The molecule has 0 aliphatic heterocycles. The maximum atomic E-state index is 2.40. The maximum absolute atomic E-state index is 2.40. The van der Waals surface area contributed by atoms with Crippen LogP contribution in [0, 0.1) is 0 Å². The van der Waals surface area contributed by atoms with Crippen molar-refractivity contribution in [2.24, 2.45) is 0 Å². The van der Waals surface area contributed by atoms with E-state index < -0.39 is 0 Å². The zero-order valence-electron chi connectivity index (χ0n) is 50.5. The van der Waals surface area contributed by atoms with Gasteiger partial charge in [0.15, 0.2) is 0 Å². The van der Waals surface area contributed by atoms with Gasteiger partial charge < -0.3 is 0 Å². The van der Waals surface area contributed by atoms with E-state index in [0.29, 0.717) is 0 Å². The Kier molecular flexibility index (Phi) is 12.7. The SMILES string of the molecule is c1ccc2cc(-c3ccc4ccc(-c5c6ccccc6c(-c6cc7ccccc7c7ccccc67)c6ccccc56)cc4c3)ccc2c1.c1ccc2cc(-c3ccc4ccc(-c5c6ccccc6c(-c6cccc7ccccc67)c6ccccc56)cc4c3)ccc2c1. The number of hydrogen-bond acceptors (Lipinski definition) is 0. The molecule has 0 saturated carbocycles. The second kappa shape index (κ2) is 22.0. The summed E-state index contributed by atoms with van der Waals surface area (Å²) in [6.07, 6.45) is 0. The number of fused-ring (bicyclic) bond motifs is 12. The van der Waals surface area contributed by atoms with Crippen LogP contribution in [0.4, 0.5) is 0 Å². The van der Waals surface area contributed by atoms with Crippen LogP contribution in [0.2, 0.25) is 0 Å². The molecule has 0 amide bonds. The highest BCUT2D eigenvalue weighted by atomic mass is 14.2. The average Bonchev–Trinajstić information content (AvgIpc) is 0.762. The van der Waals surface area contributed by atoms with E-state index in [1.807, 2.05) is 0 Å². The Balaban J connectivity index is 0.000000136. The molecule has 0 saturated heterocycles. The molecule has 0 heteroatoms.